The molecular weight excluding hydrogens is 321 g/mol. The fraction of sp³-hybridized carbons (Fsp3) is 0.158. The SMILES string of the molecule is O=C1CC(NCc2ccc(F)cc2)C(=O)N1c1ccc2cc[nH]c2c1. The molecule has 0 saturated carbocycles. The molecule has 1 aromatic heterocycles. The zero-order valence-electron chi connectivity index (χ0n) is 13.3. The van der Waals surface area contributed by atoms with Crippen molar-refractivity contribution in [1.82, 2.24) is 10.3 Å². The summed E-state index contributed by atoms with van der Waals surface area (Å²) in [7, 11) is 0. The van der Waals surface area contributed by atoms with Gasteiger partial charge >= 0.3 is 0 Å². The van der Waals surface area contributed by atoms with Crippen LogP contribution in [0.3, 0.4) is 0 Å². The van der Waals surface area contributed by atoms with E-state index >= 15 is 0 Å². The largest absolute Gasteiger partial charge is 0.361 e. The maximum Gasteiger partial charge on any atom is 0.251 e. The van der Waals surface area contributed by atoms with Crippen LogP contribution in [0.25, 0.3) is 10.9 Å². The van der Waals surface area contributed by atoms with Gasteiger partial charge in [-0.1, -0.05) is 18.2 Å². The van der Waals surface area contributed by atoms with Gasteiger partial charge in [0.1, 0.15) is 5.82 Å². The number of halogens is 1. The summed E-state index contributed by atoms with van der Waals surface area (Å²) < 4.78 is 12.9. The third-order valence-corrected chi connectivity index (χ3v) is 4.41. The van der Waals surface area contributed by atoms with Crippen molar-refractivity contribution >= 4 is 28.4 Å². The van der Waals surface area contributed by atoms with Crippen LogP contribution >= 0.6 is 0 Å². The molecule has 2 N–H and O–H groups in total. The normalized spacial score (nSPS) is 17.6. The van der Waals surface area contributed by atoms with E-state index in [0.29, 0.717) is 12.2 Å². The van der Waals surface area contributed by atoms with Crippen molar-refractivity contribution in [2.45, 2.75) is 19.0 Å². The lowest BCUT2D eigenvalue weighted by atomic mass is 10.2. The van der Waals surface area contributed by atoms with Crippen molar-refractivity contribution in [1.29, 1.82) is 0 Å². The monoisotopic (exact) mass is 337 g/mol. The minimum Gasteiger partial charge on any atom is -0.361 e. The predicted molar refractivity (Wildman–Crippen MR) is 92.4 cm³/mol. The molecular formula is C19H16FN3O2. The lowest BCUT2D eigenvalue weighted by molar-refractivity contribution is -0.121. The second kappa shape index (κ2) is 6.14. The third-order valence-electron chi connectivity index (χ3n) is 4.41. The molecule has 2 aromatic carbocycles. The summed E-state index contributed by atoms with van der Waals surface area (Å²) in [5.74, 6) is -0.799. The van der Waals surface area contributed by atoms with Crippen LogP contribution in [0.15, 0.2) is 54.7 Å². The number of aromatic amines is 1. The lowest BCUT2D eigenvalue weighted by Gasteiger charge is -2.16. The molecule has 1 saturated heterocycles. The van der Waals surface area contributed by atoms with Crippen molar-refractivity contribution < 1.29 is 14.0 Å². The van der Waals surface area contributed by atoms with E-state index in [-0.39, 0.29) is 24.1 Å². The highest BCUT2D eigenvalue weighted by Gasteiger charge is 2.39. The van der Waals surface area contributed by atoms with Gasteiger partial charge in [-0.05, 0) is 41.3 Å². The van der Waals surface area contributed by atoms with Crippen LogP contribution in [0.5, 0.6) is 0 Å². The second-order valence-corrected chi connectivity index (χ2v) is 6.08. The first-order chi connectivity index (χ1) is 12.1. The van der Waals surface area contributed by atoms with Crippen LogP contribution in [-0.4, -0.2) is 22.8 Å². The number of imide groups is 1. The summed E-state index contributed by atoms with van der Waals surface area (Å²) in [6.07, 6.45) is 1.93. The number of hydrogen-bond donors (Lipinski definition) is 2. The van der Waals surface area contributed by atoms with E-state index < -0.39 is 6.04 Å². The molecule has 0 spiro atoms. The highest BCUT2D eigenvalue weighted by molar-refractivity contribution is 6.22. The molecule has 1 fully saturated rings. The van der Waals surface area contributed by atoms with Crippen LogP contribution in [0.4, 0.5) is 10.1 Å². The molecule has 3 aromatic rings. The zero-order chi connectivity index (χ0) is 17.4. The van der Waals surface area contributed by atoms with Gasteiger partial charge in [-0.15, -0.1) is 0 Å². The molecule has 1 atom stereocenters. The Kier molecular flexibility index (Phi) is 3.82. The number of carbonyl (C=O) groups excluding carboxylic acids is 2. The van der Waals surface area contributed by atoms with E-state index in [0.717, 1.165) is 16.5 Å². The van der Waals surface area contributed by atoms with Gasteiger partial charge in [-0.2, -0.15) is 0 Å². The Morgan fingerprint density at radius 1 is 1.12 bits per heavy atom. The molecule has 0 bridgehead atoms. The Hall–Kier alpha value is -2.99. The van der Waals surface area contributed by atoms with Crippen LogP contribution in [0.1, 0.15) is 12.0 Å². The van der Waals surface area contributed by atoms with E-state index in [1.165, 1.54) is 17.0 Å². The van der Waals surface area contributed by atoms with Gasteiger partial charge in [0.15, 0.2) is 0 Å². The number of H-pyrrole nitrogens is 1. The smallest absolute Gasteiger partial charge is 0.251 e. The second-order valence-electron chi connectivity index (χ2n) is 6.08. The minimum atomic E-state index is -0.572. The Balaban J connectivity index is 1.50. The Morgan fingerprint density at radius 2 is 1.92 bits per heavy atom. The van der Waals surface area contributed by atoms with E-state index in [9.17, 15) is 14.0 Å². The molecule has 0 aliphatic carbocycles. The summed E-state index contributed by atoms with van der Waals surface area (Å²) >= 11 is 0. The average Bonchev–Trinajstić information content (AvgIpc) is 3.18. The summed E-state index contributed by atoms with van der Waals surface area (Å²) in [5, 5.41) is 4.11. The maximum absolute atomic E-state index is 12.9. The van der Waals surface area contributed by atoms with Crippen molar-refractivity contribution in [3.63, 3.8) is 0 Å². The van der Waals surface area contributed by atoms with E-state index in [1.54, 1.807) is 24.3 Å². The molecule has 0 radical (unpaired) electrons. The fourth-order valence-corrected chi connectivity index (χ4v) is 3.08. The van der Waals surface area contributed by atoms with Crippen molar-refractivity contribution in [2.24, 2.45) is 0 Å². The molecule has 1 aliphatic rings. The van der Waals surface area contributed by atoms with Gasteiger partial charge in [-0.3, -0.25) is 9.59 Å². The number of rotatable bonds is 4. The Morgan fingerprint density at radius 3 is 2.72 bits per heavy atom. The quantitative estimate of drug-likeness (QED) is 0.720. The first-order valence-corrected chi connectivity index (χ1v) is 8.03. The Bertz CT molecular complexity index is 949. The maximum atomic E-state index is 12.9. The summed E-state index contributed by atoms with van der Waals surface area (Å²) in [6, 6.07) is 12.9. The first-order valence-electron chi connectivity index (χ1n) is 8.03. The molecule has 6 heteroatoms. The third kappa shape index (κ3) is 2.92. The van der Waals surface area contributed by atoms with Crippen LogP contribution in [0.2, 0.25) is 0 Å². The van der Waals surface area contributed by atoms with Crippen molar-refractivity contribution in [3.05, 3.63) is 66.1 Å². The number of benzene rings is 2. The molecule has 2 heterocycles. The van der Waals surface area contributed by atoms with Crippen molar-refractivity contribution in [2.75, 3.05) is 4.90 Å². The summed E-state index contributed by atoms with van der Waals surface area (Å²) in [4.78, 5) is 29.3. The minimum absolute atomic E-state index is 0.114. The van der Waals surface area contributed by atoms with Gasteiger partial charge in [0.25, 0.3) is 5.91 Å². The number of anilines is 1. The number of hydrogen-bond acceptors (Lipinski definition) is 3. The van der Waals surface area contributed by atoms with Crippen LogP contribution in [-0.2, 0) is 16.1 Å². The molecule has 2 amide bonds. The molecule has 25 heavy (non-hydrogen) atoms. The van der Waals surface area contributed by atoms with Gasteiger partial charge in [-0.25, -0.2) is 9.29 Å². The standard InChI is InChI=1S/C19H16FN3O2/c20-14-4-1-12(2-5-14)11-22-17-10-18(24)23(19(17)25)15-6-3-13-7-8-21-16(13)9-15/h1-9,17,21-22H,10-11H2. The highest BCUT2D eigenvalue weighted by Crippen LogP contribution is 2.26. The van der Waals surface area contributed by atoms with Crippen LogP contribution < -0.4 is 10.2 Å². The van der Waals surface area contributed by atoms with Gasteiger partial charge in [0.2, 0.25) is 5.91 Å². The van der Waals surface area contributed by atoms with E-state index in [2.05, 4.69) is 10.3 Å². The molecule has 5 nitrogen and oxygen atoms in total. The number of nitrogens with zero attached hydrogens (tertiary/aromatic N) is 1. The van der Waals surface area contributed by atoms with Crippen LogP contribution in [0, 0.1) is 5.82 Å². The summed E-state index contributed by atoms with van der Waals surface area (Å²) in [5.41, 5.74) is 2.30. The number of fused-ring (bicyclic) bond motifs is 1. The van der Waals surface area contributed by atoms with Gasteiger partial charge < -0.3 is 10.3 Å². The molecule has 4 rings (SSSR count). The fourth-order valence-electron chi connectivity index (χ4n) is 3.08. The molecule has 1 aliphatic heterocycles. The van der Waals surface area contributed by atoms with Crippen molar-refractivity contribution in [3.8, 4) is 0 Å². The number of aromatic nitrogens is 1. The number of nitrogens with one attached hydrogen (secondary N) is 2. The predicted octanol–water partition coefficient (Wildman–Crippen LogP) is 2.73. The molecule has 1 unspecified atom stereocenters. The zero-order valence-corrected chi connectivity index (χ0v) is 13.3. The number of carbonyl (C=O) groups is 2. The van der Waals surface area contributed by atoms with Gasteiger partial charge in [0, 0.05) is 18.3 Å². The summed E-state index contributed by atoms with van der Waals surface area (Å²) in [6.45, 7) is 0.396. The van der Waals surface area contributed by atoms with Gasteiger partial charge in [0.05, 0.1) is 18.2 Å². The number of amides is 2. The molecule has 126 valence electrons. The lowest BCUT2D eigenvalue weighted by Crippen LogP contribution is -2.38. The topological polar surface area (TPSA) is 65.2 Å². The van der Waals surface area contributed by atoms with E-state index in [4.69, 9.17) is 0 Å². The highest BCUT2D eigenvalue weighted by atomic mass is 19.1. The average molecular weight is 337 g/mol. The first kappa shape index (κ1) is 15.5. The van der Waals surface area contributed by atoms with E-state index in [1.807, 2.05) is 18.3 Å². The Labute approximate surface area is 143 Å².